The molecule has 4 heteroatoms. The van der Waals surface area contributed by atoms with E-state index in [0.717, 1.165) is 12.8 Å². The Kier molecular flexibility index (Phi) is 4.40. The standard InChI is InChI=1S/C19H19N3O/c1-13(19(23)22-16-9-6-14(12-20)7-10-16)21-18-11-8-15-4-2-3-5-17(15)18/h2-7,9-10,13,18,21H,8,11H2,1H3,(H,22,23)/t13-,18-/m0/s1. The molecule has 0 saturated carbocycles. The van der Waals surface area contributed by atoms with Gasteiger partial charge < -0.3 is 5.32 Å². The minimum Gasteiger partial charge on any atom is -0.325 e. The van der Waals surface area contributed by atoms with Crippen LogP contribution in [0.4, 0.5) is 5.69 Å². The average Bonchev–Trinajstić information content (AvgIpc) is 2.98. The predicted octanol–water partition coefficient (Wildman–Crippen LogP) is 3.16. The fraction of sp³-hybridized carbons (Fsp3) is 0.263. The maximum atomic E-state index is 12.3. The lowest BCUT2D eigenvalue weighted by Crippen LogP contribution is -2.39. The van der Waals surface area contributed by atoms with Gasteiger partial charge in [0.15, 0.2) is 0 Å². The highest BCUT2D eigenvalue weighted by Gasteiger charge is 2.25. The first-order valence-corrected chi connectivity index (χ1v) is 7.82. The number of nitriles is 1. The van der Waals surface area contributed by atoms with Gasteiger partial charge in [-0.25, -0.2) is 0 Å². The van der Waals surface area contributed by atoms with Crippen LogP contribution in [0.25, 0.3) is 0 Å². The molecule has 4 nitrogen and oxygen atoms in total. The number of nitrogens with one attached hydrogen (secondary N) is 2. The zero-order valence-electron chi connectivity index (χ0n) is 13.0. The number of aryl methyl sites for hydroxylation is 1. The lowest BCUT2D eigenvalue weighted by atomic mass is 10.1. The van der Waals surface area contributed by atoms with Crippen molar-refractivity contribution in [3.8, 4) is 6.07 Å². The zero-order valence-corrected chi connectivity index (χ0v) is 13.0. The van der Waals surface area contributed by atoms with Crippen LogP contribution in [-0.2, 0) is 11.2 Å². The molecule has 0 radical (unpaired) electrons. The molecule has 2 aromatic rings. The Bertz CT molecular complexity index is 746. The molecule has 23 heavy (non-hydrogen) atoms. The summed E-state index contributed by atoms with van der Waals surface area (Å²) in [6, 6.07) is 17.3. The van der Waals surface area contributed by atoms with Crippen LogP contribution in [0.5, 0.6) is 0 Å². The summed E-state index contributed by atoms with van der Waals surface area (Å²) in [4.78, 5) is 12.3. The number of hydrogen-bond acceptors (Lipinski definition) is 3. The molecule has 0 spiro atoms. The number of benzene rings is 2. The Morgan fingerprint density at radius 1 is 1.22 bits per heavy atom. The second-order valence-corrected chi connectivity index (χ2v) is 5.86. The van der Waals surface area contributed by atoms with Gasteiger partial charge in [0.2, 0.25) is 5.91 Å². The summed E-state index contributed by atoms with van der Waals surface area (Å²) in [6.07, 6.45) is 2.08. The first kappa shape index (κ1) is 15.3. The summed E-state index contributed by atoms with van der Waals surface area (Å²) < 4.78 is 0. The first-order chi connectivity index (χ1) is 11.2. The van der Waals surface area contributed by atoms with Crippen LogP contribution in [0.2, 0.25) is 0 Å². The van der Waals surface area contributed by atoms with Gasteiger partial charge in [-0.15, -0.1) is 0 Å². The lowest BCUT2D eigenvalue weighted by molar-refractivity contribution is -0.118. The third-order valence-electron chi connectivity index (χ3n) is 4.26. The largest absolute Gasteiger partial charge is 0.325 e. The van der Waals surface area contributed by atoms with Crippen molar-refractivity contribution in [2.75, 3.05) is 5.32 Å². The van der Waals surface area contributed by atoms with Crippen LogP contribution >= 0.6 is 0 Å². The quantitative estimate of drug-likeness (QED) is 0.912. The second-order valence-electron chi connectivity index (χ2n) is 5.86. The third-order valence-corrected chi connectivity index (χ3v) is 4.26. The van der Waals surface area contributed by atoms with E-state index < -0.39 is 0 Å². The van der Waals surface area contributed by atoms with E-state index in [0.29, 0.717) is 11.3 Å². The Labute approximate surface area is 136 Å². The van der Waals surface area contributed by atoms with Crippen LogP contribution in [-0.4, -0.2) is 11.9 Å². The van der Waals surface area contributed by atoms with Gasteiger partial charge >= 0.3 is 0 Å². The molecule has 0 bridgehead atoms. The van der Waals surface area contributed by atoms with E-state index in [2.05, 4.69) is 34.9 Å². The molecule has 0 heterocycles. The summed E-state index contributed by atoms with van der Waals surface area (Å²) in [7, 11) is 0. The summed E-state index contributed by atoms with van der Waals surface area (Å²) in [5.74, 6) is -0.0703. The highest BCUT2D eigenvalue weighted by atomic mass is 16.2. The smallest absolute Gasteiger partial charge is 0.241 e. The Hall–Kier alpha value is -2.64. The van der Waals surface area contributed by atoms with Gasteiger partial charge in [-0.05, 0) is 55.2 Å². The molecular formula is C19H19N3O. The van der Waals surface area contributed by atoms with Crippen LogP contribution in [0.15, 0.2) is 48.5 Å². The molecule has 1 aliphatic rings. The maximum Gasteiger partial charge on any atom is 0.241 e. The SMILES string of the molecule is C[C@H](N[C@H]1CCc2ccccc21)C(=O)Nc1ccc(C#N)cc1. The van der Waals surface area contributed by atoms with Crippen molar-refractivity contribution in [2.24, 2.45) is 0 Å². The fourth-order valence-corrected chi connectivity index (χ4v) is 2.99. The van der Waals surface area contributed by atoms with E-state index in [1.165, 1.54) is 11.1 Å². The Morgan fingerprint density at radius 2 is 1.96 bits per heavy atom. The molecule has 2 aromatic carbocycles. The van der Waals surface area contributed by atoms with Crippen LogP contribution < -0.4 is 10.6 Å². The number of rotatable bonds is 4. The number of nitrogens with zero attached hydrogens (tertiary/aromatic N) is 1. The molecule has 0 fully saturated rings. The Balaban J connectivity index is 1.61. The van der Waals surface area contributed by atoms with E-state index in [4.69, 9.17) is 5.26 Å². The van der Waals surface area contributed by atoms with E-state index in [-0.39, 0.29) is 18.0 Å². The van der Waals surface area contributed by atoms with E-state index in [1.807, 2.05) is 13.0 Å². The van der Waals surface area contributed by atoms with Gasteiger partial charge in [-0.2, -0.15) is 5.26 Å². The number of fused-ring (bicyclic) bond motifs is 1. The average molecular weight is 305 g/mol. The minimum atomic E-state index is -0.290. The van der Waals surface area contributed by atoms with E-state index in [9.17, 15) is 4.79 Å². The predicted molar refractivity (Wildman–Crippen MR) is 89.9 cm³/mol. The minimum absolute atomic E-state index is 0.0703. The first-order valence-electron chi connectivity index (χ1n) is 7.82. The van der Waals surface area contributed by atoms with Crippen molar-refractivity contribution in [1.29, 1.82) is 5.26 Å². The van der Waals surface area contributed by atoms with Gasteiger partial charge in [0.1, 0.15) is 0 Å². The van der Waals surface area contributed by atoms with Gasteiger partial charge in [0.25, 0.3) is 0 Å². The van der Waals surface area contributed by atoms with Gasteiger partial charge in [0, 0.05) is 11.7 Å². The van der Waals surface area contributed by atoms with Crippen molar-refractivity contribution in [1.82, 2.24) is 5.32 Å². The van der Waals surface area contributed by atoms with Crippen molar-refractivity contribution in [3.05, 3.63) is 65.2 Å². The van der Waals surface area contributed by atoms with Crippen molar-refractivity contribution >= 4 is 11.6 Å². The zero-order chi connectivity index (χ0) is 16.2. The fourth-order valence-electron chi connectivity index (χ4n) is 2.99. The third kappa shape index (κ3) is 3.41. The summed E-state index contributed by atoms with van der Waals surface area (Å²) in [5, 5.41) is 15.1. The number of amides is 1. The van der Waals surface area contributed by atoms with Crippen molar-refractivity contribution < 1.29 is 4.79 Å². The van der Waals surface area contributed by atoms with Crippen molar-refractivity contribution in [2.45, 2.75) is 31.8 Å². The van der Waals surface area contributed by atoms with Crippen LogP contribution in [0.1, 0.15) is 36.1 Å². The summed E-state index contributed by atoms with van der Waals surface area (Å²) in [6.45, 7) is 1.87. The molecule has 2 N–H and O–H groups in total. The highest BCUT2D eigenvalue weighted by Crippen LogP contribution is 2.31. The van der Waals surface area contributed by atoms with E-state index >= 15 is 0 Å². The molecule has 0 aliphatic heterocycles. The molecule has 1 amide bonds. The van der Waals surface area contributed by atoms with Crippen molar-refractivity contribution in [3.63, 3.8) is 0 Å². The molecule has 2 atom stereocenters. The molecule has 1 aliphatic carbocycles. The normalized spacial score (nSPS) is 17.1. The monoisotopic (exact) mass is 305 g/mol. The van der Waals surface area contributed by atoms with Gasteiger partial charge in [-0.3, -0.25) is 10.1 Å². The lowest BCUT2D eigenvalue weighted by Gasteiger charge is -2.20. The highest BCUT2D eigenvalue weighted by molar-refractivity contribution is 5.94. The number of carbonyl (C=O) groups excluding carboxylic acids is 1. The second kappa shape index (κ2) is 6.64. The summed E-state index contributed by atoms with van der Waals surface area (Å²) >= 11 is 0. The topological polar surface area (TPSA) is 64.9 Å². The molecule has 0 aromatic heterocycles. The molecule has 116 valence electrons. The maximum absolute atomic E-state index is 12.3. The van der Waals surface area contributed by atoms with Gasteiger partial charge in [0.05, 0.1) is 17.7 Å². The molecule has 3 rings (SSSR count). The van der Waals surface area contributed by atoms with Crippen LogP contribution in [0.3, 0.4) is 0 Å². The molecular weight excluding hydrogens is 286 g/mol. The van der Waals surface area contributed by atoms with Crippen LogP contribution in [0, 0.1) is 11.3 Å². The van der Waals surface area contributed by atoms with Gasteiger partial charge in [-0.1, -0.05) is 24.3 Å². The van der Waals surface area contributed by atoms with E-state index in [1.54, 1.807) is 24.3 Å². The Morgan fingerprint density at radius 3 is 2.70 bits per heavy atom. The molecule has 0 saturated heterocycles. The summed E-state index contributed by atoms with van der Waals surface area (Å²) in [5.41, 5.74) is 3.95. The number of hydrogen-bond donors (Lipinski definition) is 2. The number of anilines is 1. The molecule has 0 unspecified atom stereocenters. The number of carbonyl (C=O) groups is 1.